The number of rotatable bonds is 2. The Morgan fingerprint density at radius 3 is 2.83 bits per heavy atom. The second-order valence-electron chi connectivity index (χ2n) is 2.31. The van der Waals surface area contributed by atoms with Gasteiger partial charge in [-0.15, -0.1) is 0 Å². The Balaban J connectivity index is 3.04. The zero-order valence-corrected chi connectivity index (χ0v) is 8.08. The second-order valence-corrected chi connectivity index (χ2v) is 3.17. The van der Waals surface area contributed by atoms with E-state index in [9.17, 15) is 5.11 Å². The third-order valence-electron chi connectivity index (χ3n) is 1.45. The van der Waals surface area contributed by atoms with Gasteiger partial charge in [-0.1, -0.05) is 34.1 Å². The maximum Gasteiger partial charge on any atom is 0.123 e. The van der Waals surface area contributed by atoms with E-state index >= 15 is 0 Å². The first-order valence-corrected chi connectivity index (χ1v) is 4.39. The van der Waals surface area contributed by atoms with Crippen LogP contribution in [0.1, 0.15) is 5.56 Å². The Labute approximate surface area is 79.8 Å². The van der Waals surface area contributed by atoms with E-state index < -0.39 is 0 Å². The van der Waals surface area contributed by atoms with Crippen LogP contribution in [0.3, 0.4) is 0 Å². The van der Waals surface area contributed by atoms with Crippen molar-refractivity contribution in [2.45, 2.75) is 0 Å². The smallest absolute Gasteiger partial charge is 0.123 e. The predicted octanol–water partition coefficient (Wildman–Crippen LogP) is 2.13. The Kier molecular flexibility index (Phi) is 3.31. The van der Waals surface area contributed by atoms with Crippen molar-refractivity contribution in [1.82, 2.24) is 0 Å². The normalized spacial score (nSPS) is 10.8. The molecule has 0 bridgehead atoms. The van der Waals surface area contributed by atoms with Gasteiger partial charge in [0.2, 0.25) is 0 Å². The molecule has 2 nitrogen and oxygen atoms in total. The summed E-state index contributed by atoms with van der Waals surface area (Å²) in [5.74, 6) is 0.258. The average molecular weight is 228 g/mol. The van der Waals surface area contributed by atoms with Gasteiger partial charge in [-0.25, -0.2) is 0 Å². The second kappa shape index (κ2) is 4.28. The van der Waals surface area contributed by atoms with Crippen LogP contribution in [0.15, 0.2) is 28.7 Å². The molecule has 0 heterocycles. The molecule has 0 fully saturated rings. The van der Waals surface area contributed by atoms with Gasteiger partial charge in [0, 0.05) is 16.6 Å². The summed E-state index contributed by atoms with van der Waals surface area (Å²) in [6, 6.07) is 5.29. The lowest BCUT2D eigenvalue weighted by Crippen LogP contribution is -1.92. The third kappa shape index (κ3) is 2.09. The maximum atomic E-state index is 9.40. The summed E-state index contributed by atoms with van der Waals surface area (Å²) in [5, 5.41) is 9.40. The highest BCUT2D eigenvalue weighted by molar-refractivity contribution is 9.10. The largest absolute Gasteiger partial charge is 0.507 e. The summed E-state index contributed by atoms with van der Waals surface area (Å²) in [6.45, 7) is 0.473. The molecule has 1 aromatic carbocycles. The van der Waals surface area contributed by atoms with Crippen LogP contribution in [0.25, 0.3) is 6.08 Å². The molecule has 0 atom stereocenters. The third-order valence-corrected chi connectivity index (χ3v) is 2.14. The molecular weight excluding hydrogens is 218 g/mol. The molecule has 0 saturated heterocycles. The predicted molar refractivity (Wildman–Crippen MR) is 53.9 cm³/mol. The summed E-state index contributed by atoms with van der Waals surface area (Å²) in [4.78, 5) is 0. The monoisotopic (exact) mass is 227 g/mol. The van der Waals surface area contributed by atoms with Crippen LogP contribution in [0.2, 0.25) is 0 Å². The van der Waals surface area contributed by atoms with Crippen molar-refractivity contribution in [3.8, 4) is 5.75 Å². The highest BCUT2D eigenvalue weighted by Crippen LogP contribution is 2.26. The van der Waals surface area contributed by atoms with Crippen molar-refractivity contribution in [2.75, 3.05) is 6.54 Å². The van der Waals surface area contributed by atoms with E-state index in [1.807, 2.05) is 6.07 Å². The number of aromatic hydroxyl groups is 1. The summed E-state index contributed by atoms with van der Waals surface area (Å²) >= 11 is 3.33. The van der Waals surface area contributed by atoms with Gasteiger partial charge in [-0.05, 0) is 12.1 Å². The van der Waals surface area contributed by atoms with Crippen LogP contribution in [-0.2, 0) is 0 Å². The molecule has 12 heavy (non-hydrogen) atoms. The van der Waals surface area contributed by atoms with Crippen molar-refractivity contribution in [2.24, 2.45) is 5.73 Å². The van der Waals surface area contributed by atoms with E-state index in [2.05, 4.69) is 15.9 Å². The lowest BCUT2D eigenvalue weighted by atomic mass is 10.2. The van der Waals surface area contributed by atoms with Crippen LogP contribution >= 0.6 is 15.9 Å². The Hall–Kier alpha value is -0.800. The molecule has 64 valence electrons. The first-order valence-electron chi connectivity index (χ1n) is 3.60. The minimum absolute atomic E-state index is 0.258. The molecule has 0 aromatic heterocycles. The van der Waals surface area contributed by atoms with Gasteiger partial charge in [0.15, 0.2) is 0 Å². The van der Waals surface area contributed by atoms with Crippen LogP contribution in [0.4, 0.5) is 0 Å². The number of hydrogen-bond acceptors (Lipinski definition) is 2. The quantitative estimate of drug-likeness (QED) is 0.814. The highest BCUT2D eigenvalue weighted by atomic mass is 79.9. The van der Waals surface area contributed by atoms with E-state index in [1.165, 1.54) is 0 Å². The molecule has 3 N–H and O–H groups in total. The Morgan fingerprint density at radius 1 is 1.50 bits per heavy atom. The van der Waals surface area contributed by atoms with Gasteiger partial charge < -0.3 is 10.8 Å². The van der Waals surface area contributed by atoms with Crippen LogP contribution in [-0.4, -0.2) is 11.7 Å². The lowest BCUT2D eigenvalue weighted by molar-refractivity contribution is 0.473. The molecule has 0 radical (unpaired) electrons. The first kappa shape index (κ1) is 9.29. The molecule has 0 aliphatic heterocycles. The van der Waals surface area contributed by atoms with Crippen molar-refractivity contribution in [3.05, 3.63) is 34.3 Å². The molecule has 3 heteroatoms. The standard InChI is InChI=1S/C9H10BrNO/c10-8-4-1-5-9(12)7(8)3-2-6-11/h1-5,12H,6,11H2/b3-2+. The van der Waals surface area contributed by atoms with Crippen molar-refractivity contribution < 1.29 is 5.11 Å². The van der Waals surface area contributed by atoms with Crippen molar-refractivity contribution in [1.29, 1.82) is 0 Å². The maximum absolute atomic E-state index is 9.40. The van der Waals surface area contributed by atoms with Gasteiger partial charge in [-0.2, -0.15) is 0 Å². The number of halogens is 1. The summed E-state index contributed by atoms with van der Waals surface area (Å²) in [6.07, 6.45) is 3.58. The fraction of sp³-hybridized carbons (Fsp3) is 0.111. The van der Waals surface area contributed by atoms with E-state index in [0.29, 0.717) is 6.54 Å². The lowest BCUT2D eigenvalue weighted by Gasteiger charge is -2.00. The Bertz CT molecular complexity index is 276. The zero-order valence-electron chi connectivity index (χ0n) is 6.50. The van der Waals surface area contributed by atoms with Gasteiger partial charge >= 0.3 is 0 Å². The van der Waals surface area contributed by atoms with E-state index in [4.69, 9.17) is 5.73 Å². The van der Waals surface area contributed by atoms with Gasteiger partial charge in [0.1, 0.15) is 5.75 Å². The van der Waals surface area contributed by atoms with Crippen molar-refractivity contribution >= 4 is 22.0 Å². The number of phenols is 1. The topological polar surface area (TPSA) is 46.2 Å². The van der Waals surface area contributed by atoms with Crippen LogP contribution in [0.5, 0.6) is 5.75 Å². The minimum Gasteiger partial charge on any atom is -0.507 e. The Morgan fingerprint density at radius 2 is 2.25 bits per heavy atom. The van der Waals surface area contributed by atoms with Gasteiger partial charge in [0.05, 0.1) is 0 Å². The SMILES string of the molecule is NC/C=C/c1c(O)cccc1Br. The molecule has 1 aromatic rings. The zero-order chi connectivity index (χ0) is 8.97. The van der Waals surface area contributed by atoms with Crippen LogP contribution < -0.4 is 5.73 Å². The molecule has 0 aliphatic rings. The molecule has 0 saturated carbocycles. The van der Waals surface area contributed by atoms with E-state index in [0.717, 1.165) is 10.0 Å². The summed E-state index contributed by atoms with van der Waals surface area (Å²) < 4.78 is 0.868. The fourth-order valence-corrected chi connectivity index (χ4v) is 1.36. The number of hydrogen-bond donors (Lipinski definition) is 2. The number of phenolic OH excluding ortho intramolecular Hbond substituents is 1. The fourth-order valence-electron chi connectivity index (χ4n) is 0.877. The average Bonchev–Trinajstić information content (AvgIpc) is 2.04. The molecule has 0 unspecified atom stereocenters. The van der Waals surface area contributed by atoms with Crippen molar-refractivity contribution in [3.63, 3.8) is 0 Å². The molecule has 0 amide bonds. The number of benzene rings is 1. The van der Waals surface area contributed by atoms with Gasteiger partial charge in [-0.3, -0.25) is 0 Å². The minimum atomic E-state index is 0.258. The highest BCUT2D eigenvalue weighted by Gasteiger charge is 1.99. The molecule has 1 rings (SSSR count). The van der Waals surface area contributed by atoms with Gasteiger partial charge in [0.25, 0.3) is 0 Å². The first-order chi connectivity index (χ1) is 5.75. The van der Waals surface area contributed by atoms with E-state index in [-0.39, 0.29) is 5.75 Å². The molecular formula is C9H10BrNO. The van der Waals surface area contributed by atoms with Crippen LogP contribution in [0, 0.1) is 0 Å². The molecule has 0 aliphatic carbocycles. The number of nitrogens with two attached hydrogens (primary N) is 1. The summed E-state index contributed by atoms with van der Waals surface area (Å²) in [5.41, 5.74) is 6.06. The summed E-state index contributed by atoms with van der Waals surface area (Å²) in [7, 11) is 0. The molecule has 0 spiro atoms. The van der Waals surface area contributed by atoms with E-state index in [1.54, 1.807) is 24.3 Å².